The predicted molar refractivity (Wildman–Crippen MR) is 90.9 cm³/mol. The molecular formula is C18H14BCsO3. The van der Waals surface area contributed by atoms with E-state index in [1.54, 1.807) is 6.07 Å². The Morgan fingerprint density at radius 1 is 0.739 bits per heavy atom. The quantitative estimate of drug-likeness (QED) is 0.283. The average Bonchev–Trinajstić information content (AvgIpc) is 2.52. The van der Waals surface area contributed by atoms with Gasteiger partial charge >= 0.3 is 76.2 Å². The van der Waals surface area contributed by atoms with Crippen molar-refractivity contribution in [3.63, 3.8) is 0 Å². The van der Waals surface area contributed by atoms with E-state index in [1.165, 1.54) is 5.39 Å². The molecule has 0 spiro atoms. The van der Waals surface area contributed by atoms with Gasteiger partial charge in [0.1, 0.15) is 5.75 Å². The zero-order valence-electron chi connectivity index (χ0n) is 13.7. The van der Waals surface area contributed by atoms with Crippen LogP contribution >= 0.6 is 0 Å². The summed E-state index contributed by atoms with van der Waals surface area (Å²) in [7, 11) is -1.83. The van der Waals surface area contributed by atoms with Crippen LogP contribution in [0.2, 0.25) is 0 Å². The molecule has 0 aromatic heterocycles. The molecular weight excluding hydrogens is 408 g/mol. The van der Waals surface area contributed by atoms with Crippen LogP contribution in [-0.2, 0) is 0 Å². The molecule has 5 heteroatoms. The molecule has 4 aromatic rings. The Labute approximate surface area is 194 Å². The van der Waals surface area contributed by atoms with E-state index in [9.17, 15) is 0 Å². The van der Waals surface area contributed by atoms with E-state index in [4.69, 9.17) is 14.7 Å². The van der Waals surface area contributed by atoms with E-state index >= 15 is 0 Å². The van der Waals surface area contributed by atoms with E-state index < -0.39 is 7.32 Å². The average molecular weight is 422 g/mol. The molecule has 4 aromatic carbocycles. The van der Waals surface area contributed by atoms with Gasteiger partial charge in [0.05, 0.1) is 0 Å². The van der Waals surface area contributed by atoms with Gasteiger partial charge in [0.15, 0.2) is 0 Å². The predicted octanol–water partition coefficient (Wildman–Crippen LogP) is 0.611. The third-order valence-electron chi connectivity index (χ3n) is 3.92. The Bertz CT molecular complexity index is 1010. The fraction of sp³-hybridized carbons (Fsp3) is 0. The molecule has 0 atom stereocenters. The van der Waals surface area contributed by atoms with Crippen molar-refractivity contribution >= 4 is 39.6 Å². The monoisotopic (exact) mass is 422 g/mol. The van der Waals surface area contributed by atoms with Crippen LogP contribution in [-0.4, -0.2) is 17.4 Å². The molecule has 4 rings (SSSR count). The van der Waals surface area contributed by atoms with Crippen molar-refractivity contribution in [1.82, 2.24) is 0 Å². The molecule has 0 bridgehead atoms. The van der Waals surface area contributed by atoms with E-state index in [0.29, 0.717) is 5.75 Å². The van der Waals surface area contributed by atoms with Crippen LogP contribution in [0.25, 0.3) is 32.3 Å². The van der Waals surface area contributed by atoms with Crippen molar-refractivity contribution in [2.45, 2.75) is 0 Å². The van der Waals surface area contributed by atoms with Crippen LogP contribution in [0.4, 0.5) is 0 Å². The molecule has 0 radical (unpaired) electrons. The standard InChI is InChI=1S/C18H13BO3.Cs.H/c20-19(21)22-17-7-3-6-12-8-9-15-10-13-4-1-2-5-14(13)11-16(15)18(12)17;;/h1-11,20-21H;;/q;+1;-1. The third-order valence-corrected chi connectivity index (χ3v) is 3.92. The second-order valence-electron chi connectivity index (χ2n) is 5.28. The molecule has 0 aliphatic rings. The van der Waals surface area contributed by atoms with E-state index in [0.717, 1.165) is 26.9 Å². The summed E-state index contributed by atoms with van der Waals surface area (Å²) in [6.45, 7) is 0. The maximum absolute atomic E-state index is 9.14. The van der Waals surface area contributed by atoms with Crippen LogP contribution in [0.15, 0.2) is 66.7 Å². The first-order valence-electron chi connectivity index (χ1n) is 7.09. The van der Waals surface area contributed by atoms with Crippen molar-refractivity contribution in [2.75, 3.05) is 0 Å². The number of fused-ring (bicyclic) bond motifs is 4. The number of hydrogen-bond donors (Lipinski definition) is 2. The number of benzene rings is 4. The van der Waals surface area contributed by atoms with Crippen molar-refractivity contribution in [1.29, 1.82) is 0 Å². The van der Waals surface area contributed by atoms with Gasteiger partial charge in [-0.1, -0.05) is 48.5 Å². The zero-order valence-corrected chi connectivity index (χ0v) is 19.0. The molecule has 0 unspecified atom stereocenters. The minimum atomic E-state index is -1.83. The van der Waals surface area contributed by atoms with Gasteiger partial charge in [-0.15, -0.1) is 0 Å². The van der Waals surface area contributed by atoms with Gasteiger partial charge in [0, 0.05) is 5.39 Å². The van der Waals surface area contributed by atoms with Crippen LogP contribution in [0.5, 0.6) is 5.75 Å². The molecule has 0 heterocycles. The minimum Gasteiger partial charge on any atom is -1.00 e. The first kappa shape index (κ1) is 17.3. The molecule has 0 aliphatic heterocycles. The summed E-state index contributed by atoms with van der Waals surface area (Å²) in [6, 6.07) is 22.1. The first-order valence-corrected chi connectivity index (χ1v) is 7.09. The Morgan fingerprint density at radius 2 is 1.39 bits per heavy atom. The largest absolute Gasteiger partial charge is 1.00 e. The maximum Gasteiger partial charge on any atom is 1.00 e. The Kier molecular flexibility index (Phi) is 5.40. The molecule has 108 valence electrons. The van der Waals surface area contributed by atoms with Gasteiger partial charge in [-0.25, -0.2) is 0 Å². The van der Waals surface area contributed by atoms with Crippen LogP contribution < -0.4 is 73.5 Å². The molecule has 0 saturated heterocycles. The topological polar surface area (TPSA) is 49.7 Å². The Morgan fingerprint density at radius 3 is 2.13 bits per heavy atom. The van der Waals surface area contributed by atoms with Crippen molar-refractivity contribution in [3.8, 4) is 5.75 Å². The van der Waals surface area contributed by atoms with Gasteiger partial charge in [-0.2, -0.15) is 0 Å². The molecule has 2 N–H and O–H groups in total. The molecule has 3 nitrogen and oxygen atoms in total. The first-order chi connectivity index (χ1) is 10.7. The van der Waals surface area contributed by atoms with Crippen LogP contribution in [0.1, 0.15) is 1.43 Å². The summed E-state index contributed by atoms with van der Waals surface area (Å²) in [5.74, 6) is 0.466. The zero-order chi connectivity index (χ0) is 15.1. The Hall–Kier alpha value is -0.503. The Balaban J connectivity index is 0.00000104. The molecule has 0 saturated carbocycles. The van der Waals surface area contributed by atoms with Crippen LogP contribution in [0.3, 0.4) is 0 Å². The smallest absolute Gasteiger partial charge is 1.00 e. The summed E-state index contributed by atoms with van der Waals surface area (Å²) >= 11 is 0. The van der Waals surface area contributed by atoms with E-state index in [-0.39, 0.29) is 70.3 Å². The minimum absolute atomic E-state index is 0. The summed E-state index contributed by atoms with van der Waals surface area (Å²) in [6.07, 6.45) is 0. The van der Waals surface area contributed by atoms with Crippen molar-refractivity contribution < 1.29 is 85.0 Å². The normalized spacial score (nSPS) is 10.7. The second-order valence-corrected chi connectivity index (χ2v) is 5.28. The molecule has 0 amide bonds. The van der Waals surface area contributed by atoms with Gasteiger partial charge in [0.25, 0.3) is 0 Å². The summed E-state index contributed by atoms with van der Waals surface area (Å²) in [5.41, 5.74) is 0. The SMILES string of the molecule is OB(O)Oc1cccc2ccc3cc4ccccc4cc3c12.[Cs+].[H-]. The summed E-state index contributed by atoms with van der Waals surface area (Å²) < 4.78 is 5.16. The number of hydrogen-bond acceptors (Lipinski definition) is 3. The van der Waals surface area contributed by atoms with Gasteiger partial charge in [-0.3, -0.25) is 0 Å². The van der Waals surface area contributed by atoms with Gasteiger partial charge in [0.2, 0.25) is 0 Å². The third kappa shape index (κ3) is 3.34. The fourth-order valence-electron chi connectivity index (χ4n) is 2.98. The molecule has 0 aliphatic carbocycles. The van der Waals surface area contributed by atoms with Crippen molar-refractivity contribution in [2.24, 2.45) is 0 Å². The van der Waals surface area contributed by atoms with E-state index in [1.807, 2.05) is 30.3 Å². The molecule has 0 fully saturated rings. The van der Waals surface area contributed by atoms with Crippen molar-refractivity contribution in [3.05, 3.63) is 66.7 Å². The summed E-state index contributed by atoms with van der Waals surface area (Å²) in [5, 5.41) is 24.6. The molecule has 23 heavy (non-hydrogen) atoms. The second kappa shape index (κ2) is 7.17. The van der Waals surface area contributed by atoms with Gasteiger partial charge in [-0.05, 0) is 45.1 Å². The van der Waals surface area contributed by atoms with E-state index in [2.05, 4.69) is 30.3 Å². The maximum atomic E-state index is 9.14. The fourth-order valence-corrected chi connectivity index (χ4v) is 2.98. The number of rotatable bonds is 2. The summed E-state index contributed by atoms with van der Waals surface area (Å²) in [4.78, 5) is 0. The van der Waals surface area contributed by atoms with Gasteiger partial charge < -0.3 is 16.1 Å². The van der Waals surface area contributed by atoms with Crippen LogP contribution in [0, 0.1) is 0 Å².